The normalized spacial score (nSPS) is 13.6. The number of aliphatic hydroxyl groups is 1. The Labute approximate surface area is 210 Å². The Morgan fingerprint density at radius 3 is 1.81 bits per heavy atom. The van der Waals surface area contributed by atoms with Crippen molar-refractivity contribution in [2.24, 2.45) is 0 Å². The molecule has 0 saturated carbocycles. The van der Waals surface area contributed by atoms with Crippen LogP contribution >= 0.6 is 0 Å². The molecule has 0 bridgehead atoms. The molecule has 1 aliphatic heterocycles. The van der Waals surface area contributed by atoms with Gasteiger partial charge in [-0.05, 0) is 0 Å². The van der Waals surface area contributed by atoms with Gasteiger partial charge in [-0.3, -0.25) is 4.90 Å². The molecule has 0 radical (unpaired) electrons. The van der Waals surface area contributed by atoms with Crippen LogP contribution in [-0.2, 0) is 49.6 Å². The molecule has 14 nitrogen and oxygen atoms in total. The molecule has 0 aliphatic carbocycles. The molecule has 0 spiro atoms. The zero-order valence-electron chi connectivity index (χ0n) is 20.5. The molecule has 1 aromatic heterocycles. The Kier molecular flexibility index (Phi) is 14.7. The summed E-state index contributed by atoms with van der Waals surface area (Å²) in [6, 6.07) is 0. The number of nitrogens with zero attached hydrogens (tertiary/aromatic N) is 3. The minimum atomic E-state index is -3.61. The first-order valence-electron chi connectivity index (χ1n) is 11.5. The van der Waals surface area contributed by atoms with Crippen LogP contribution in [0.3, 0.4) is 0 Å². The minimum Gasteiger partial charge on any atom is -0.444 e. The van der Waals surface area contributed by atoms with Gasteiger partial charge in [-0.2, -0.15) is 4.98 Å². The van der Waals surface area contributed by atoms with E-state index in [4.69, 9.17) is 38.3 Å². The summed E-state index contributed by atoms with van der Waals surface area (Å²) in [5.74, 6) is 0.207. The van der Waals surface area contributed by atoms with Gasteiger partial charge in [-0.1, -0.05) is 0 Å². The second-order valence-electron chi connectivity index (χ2n) is 7.38. The number of fused-ring (bicyclic) bond motifs is 1. The zero-order valence-corrected chi connectivity index (χ0v) is 21.3. The first-order chi connectivity index (χ1) is 17.4. The number of hydrogen-bond donors (Lipinski definition) is 1. The lowest BCUT2D eigenvalue weighted by Crippen LogP contribution is -2.39. The molecule has 2 rings (SSSR count). The summed E-state index contributed by atoms with van der Waals surface area (Å²) in [4.78, 5) is 21.2. The smallest absolute Gasteiger partial charge is 0.415 e. The van der Waals surface area contributed by atoms with Gasteiger partial charge in [0.25, 0.3) is 0 Å². The van der Waals surface area contributed by atoms with Crippen molar-refractivity contribution in [2.75, 3.05) is 104 Å². The van der Waals surface area contributed by atoms with Crippen molar-refractivity contribution < 1.29 is 51.5 Å². The summed E-state index contributed by atoms with van der Waals surface area (Å²) in [6.07, 6.45) is 1.72. The predicted molar refractivity (Wildman–Crippen MR) is 125 cm³/mol. The van der Waals surface area contributed by atoms with Gasteiger partial charge in [0.1, 0.15) is 12.4 Å². The Morgan fingerprint density at radius 1 is 0.861 bits per heavy atom. The van der Waals surface area contributed by atoms with E-state index in [2.05, 4.69) is 9.97 Å². The number of cyclic esters (lactones) is 1. The molecule has 0 atom stereocenters. The van der Waals surface area contributed by atoms with Crippen LogP contribution < -0.4 is 4.90 Å². The number of hydrogen-bond acceptors (Lipinski definition) is 13. The first-order valence-corrected chi connectivity index (χ1v) is 13.4. The van der Waals surface area contributed by atoms with Crippen molar-refractivity contribution in [3.05, 3.63) is 11.8 Å². The van der Waals surface area contributed by atoms with E-state index >= 15 is 0 Å². The fourth-order valence-electron chi connectivity index (χ4n) is 2.82. The lowest BCUT2D eigenvalue weighted by Gasteiger charge is -2.27. The van der Waals surface area contributed by atoms with Crippen molar-refractivity contribution in [1.29, 1.82) is 0 Å². The predicted octanol–water partition coefficient (Wildman–Crippen LogP) is -0.571. The number of aliphatic hydroxyl groups excluding tert-OH is 1. The van der Waals surface area contributed by atoms with Crippen LogP contribution in [0.1, 0.15) is 5.56 Å². The van der Waals surface area contributed by atoms with E-state index in [1.54, 1.807) is 0 Å². The summed E-state index contributed by atoms with van der Waals surface area (Å²) >= 11 is 0. The zero-order chi connectivity index (χ0) is 26.1. The molecule has 0 saturated heterocycles. The number of rotatable bonds is 21. The summed E-state index contributed by atoms with van der Waals surface area (Å²) in [5, 5.41) is 8.21. The average molecular weight is 538 g/mol. The highest BCUT2D eigenvalue weighted by Crippen LogP contribution is 2.25. The maximum atomic E-state index is 12.1. The van der Waals surface area contributed by atoms with Gasteiger partial charge in [0.15, 0.2) is 0 Å². The molecule has 1 aliphatic rings. The lowest BCUT2D eigenvalue weighted by molar-refractivity contribution is -0.0179. The van der Waals surface area contributed by atoms with E-state index in [9.17, 15) is 13.2 Å². The van der Waals surface area contributed by atoms with Crippen molar-refractivity contribution in [2.45, 2.75) is 11.8 Å². The largest absolute Gasteiger partial charge is 0.444 e. The number of aromatic nitrogens is 2. The Hall–Kier alpha value is -1.98. The Balaban J connectivity index is 1.45. The van der Waals surface area contributed by atoms with Crippen LogP contribution in [0.4, 0.5) is 10.6 Å². The van der Waals surface area contributed by atoms with Gasteiger partial charge in [0, 0.05) is 12.5 Å². The minimum absolute atomic E-state index is 0.00479. The molecule has 0 fully saturated rings. The van der Waals surface area contributed by atoms with Gasteiger partial charge < -0.3 is 38.3 Å². The summed E-state index contributed by atoms with van der Waals surface area (Å²) < 4.78 is 60.6. The van der Waals surface area contributed by atoms with E-state index in [-0.39, 0.29) is 37.3 Å². The maximum Gasteiger partial charge on any atom is 0.415 e. The van der Waals surface area contributed by atoms with Gasteiger partial charge in [-0.15, -0.1) is 0 Å². The van der Waals surface area contributed by atoms with Gasteiger partial charge >= 0.3 is 6.09 Å². The molecule has 1 amide bonds. The fraction of sp³-hybridized carbons (Fsp3) is 0.762. The lowest BCUT2D eigenvalue weighted by atomic mass is 10.3. The third-order valence-corrected chi connectivity index (χ3v) is 5.39. The number of sulfone groups is 1. The van der Waals surface area contributed by atoms with Crippen molar-refractivity contribution in [3.8, 4) is 0 Å². The maximum absolute atomic E-state index is 12.1. The quantitative estimate of drug-likeness (QED) is 0.157. The summed E-state index contributed by atoms with van der Waals surface area (Å²) in [6.45, 7) is 4.81. The molecule has 2 heterocycles. The standard InChI is InChI=1S/C21H35N3O11S/c1-36(27,28)20-22-16-18-17-35-21(26)24(19(18)23-20)2-4-29-6-8-31-10-12-33-14-15-34-13-11-32-9-7-30-5-3-25/h16,25H,2-15,17H2,1H3. The fourth-order valence-corrected chi connectivity index (χ4v) is 3.32. The highest BCUT2D eigenvalue weighted by Gasteiger charge is 2.29. The molecular formula is C21H35N3O11S. The highest BCUT2D eigenvalue weighted by atomic mass is 32.2. The molecule has 1 N–H and O–H groups in total. The van der Waals surface area contributed by atoms with E-state index in [1.165, 1.54) is 11.1 Å². The van der Waals surface area contributed by atoms with E-state index in [1.807, 2.05) is 0 Å². The van der Waals surface area contributed by atoms with E-state index < -0.39 is 15.9 Å². The van der Waals surface area contributed by atoms with Crippen LogP contribution in [0.2, 0.25) is 0 Å². The Bertz CT molecular complexity index is 873. The van der Waals surface area contributed by atoms with Gasteiger partial charge in [-0.25, -0.2) is 18.2 Å². The first kappa shape index (κ1) is 30.2. The van der Waals surface area contributed by atoms with Crippen LogP contribution in [0.5, 0.6) is 0 Å². The van der Waals surface area contributed by atoms with Crippen LogP contribution in [0.15, 0.2) is 11.4 Å². The molecule has 36 heavy (non-hydrogen) atoms. The van der Waals surface area contributed by atoms with Crippen LogP contribution in [0.25, 0.3) is 0 Å². The van der Waals surface area contributed by atoms with E-state index in [0.717, 1.165) is 6.26 Å². The molecule has 1 aromatic rings. The number of amides is 1. The van der Waals surface area contributed by atoms with E-state index in [0.29, 0.717) is 78.2 Å². The average Bonchev–Trinajstić information content (AvgIpc) is 2.85. The van der Waals surface area contributed by atoms with Crippen LogP contribution in [0, 0.1) is 0 Å². The monoisotopic (exact) mass is 537 g/mol. The summed E-state index contributed by atoms with van der Waals surface area (Å²) in [7, 11) is -3.61. The van der Waals surface area contributed by atoms with Crippen molar-refractivity contribution in [1.82, 2.24) is 9.97 Å². The van der Waals surface area contributed by atoms with Gasteiger partial charge in [0.05, 0.1) is 98.0 Å². The number of ether oxygens (including phenoxy) is 7. The second-order valence-corrected chi connectivity index (χ2v) is 9.29. The van der Waals surface area contributed by atoms with Gasteiger partial charge in [0.2, 0.25) is 15.0 Å². The Morgan fingerprint density at radius 2 is 1.33 bits per heavy atom. The molecule has 206 valence electrons. The number of anilines is 1. The highest BCUT2D eigenvalue weighted by molar-refractivity contribution is 7.90. The van der Waals surface area contributed by atoms with Crippen molar-refractivity contribution >= 4 is 21.7 Å². The number of carbonyl (C=O) groups is 1. The molecular weight excluding hydrogens is 502 g/mol. The van der Waals surface area contributed by atoms with Crippen LogP contribution in [-0.4, -0.2) is 128 Å². The second kappa shape index (κ2) is 17.5. The molecule has 15 heteroatoms. The number of carbonyl (C=O) groups excluding carboxylic acids is 1. The summed E-state index contributed by atoms with van der Waals surface area (Å²) in [5.41, 5.74) is 0.518. The topological polar surface area (TPSA) is 165 Å². The van der Waals surface area contributed by atoms with Crippen molar-refractivity contribution in [3.63, 3.8) is 0 Å². The third-order valence-electron chi connectivity index (χ3n) is 4.53. The SMILES string of the molecule is CS(=O)(=O)c1ncc2c(n1)N(CCOCCOCCOCCOCCOCCOCCO)C(=O)OC2. The third kappa shape index (κ3) is 11.8. The molecule has 0 unspecified atom stereocenters. The molecule has 0 aromatic carbocycles.